The van der Waals surface area contributed by atoms with E-state index in [4.69, 9.17) is 9.98 Å². The fourth-order valence-electron chi connectivity index (χ4n) is 3.49. The summed E-state index contributed by atoms with van der Waals surface area (Å²) in [6, 6.07) is 13.0. The van der Waals surface area contributed by atoms with Gasteiger partial charge in [0.15, 0.2) is 0 Å². The van der Waals surface area contributed by atoms with Crippen LogP contribution in [0, 0.1) is 27.7 Å². The van der Waals surface area contributed by atoms with E-state index in [2.05, 4.69) is 77.9 Å². The van der Waals surface area contributed by atoms with Crippen LogP contribution in [0.3, 0.4) is 0 Å². The summed E-state index contributed by atoms with van der Waals surface area (Å²) in [5.41, 5.74) is 9.64. The molecule has 31 heavy (non-hydrogen) atoms. The Morgan fingerprint density at radius 3 is 1.45 bits per heavy atom. The molecule has 2 rings (SSSR count). The van der Waals surface area contributed by atoms with Gasteiger partial charge >= 0.3 is 0 Å². The van der Waals surface area contributed by atoms with Gasteiger partial charge < -0.3 is 0 Å². The first kappa shape index (κ1) is 27.5. The molecule has 2 nitrogen and oxygen atoms in total. The second-order valence-electron chi connectivity index (χ2n) is 8.57. The molecule has 0 unspecified atom stereocenters. The first-order valence-electron chi connectivity index (χ1n) is 11.7. The normalized spacial score (nSPS) is 12.1. The van der Waals surface area contributed by atoms with Crippen molar-refractivity contribution >= 4 is 22.8 Å². The van der Waals surface area contributed by atoms with Gasteiger partial charge in [0.25, 0.3) is 0 Å². The van der Waals surface area contributed by atoms with Gasteiger partial charge in [0.1, 0.15) is 0 Å². The predicted molar refractivity (Wildman–Crippen MR) is 134 cm³/mol. The van der Waals surface area contributed by atoms with Gasteiger partial charge in [-0.05, 0) is 99.9 Å². The van der Waals surface area contributed by atoms with E-state index >= 15 is 0 Å². The zero-order valence-electron chi connectivity index (χ0n) is 20.3. The number of hydrogen-bond acceptors (Lipinski definition) is 2. The van der Waals surface area contributed by atoms with Crippen LogP contribution in [-0.4, -0.2) is 11.4 Å². The molecule has 0 saturated heterocycles. The van der Waals surface area contributed by atoms with Crippen LogP contribution >= 0.6 is 0 Å². The third kappa shape index (κ3) is 9.22. The van der Waals surface area contributed by atoms with Crippen LogP contribution < -0.4 is 0 Å². The van der Waals surface area contributed by atoms with Crippen LogP contribution in [-0.2, 0) is 20.4 Å². The van der Waals surface area contributed by atoms with E-state index in [0.29, 0.717) is 0 Å². The number of aliphatic imine (C=N–C) groups is 2. The van der Waals surface area contributed by atoms with E-state index in [1.807, 2.05) is 0 Å². The fourth-order valence-corrected chi connectivity index (χ4v) is 3.49. The van der Waals surface area contributed by atoms with Crippen LogP contribution in [0.15, 0.2) is 46.4 Å². The average Bonchev–Trinajstić information content (AvgIpc) is 2.73. The maximum absolute atomic E-state index is 5.13. The summed E-state index contributed by atoms with van der Waals surface area (Å²) in [6.07, 6.45) is 9.27. The van der Waals surface area contributed by atoms with Gasteiger partial charge in [0.2, 0.25) is 0 Å². The molecule has 0 N–H and O–H groups in total. The molecule has 0 spiro atoms. The third-order valence-corrected chi connectivity index (χ3v) is 5.88. The molecular weight excluding hydrogens is 471 g/mol. The molecule has 0 aliphatic carbocycles. The third-order valence-electron chi connectivity index (χ3n) is 5.88. The minimum Gasteiger partial charge on any atom is -0.252 e. The second kappa shape index (κ2) is 14.5. The van der Waals surface area contributed by atoms with Gasteiger partial charge in [-0.25, -0.2) is 0 Å². The quantitative estimate of drug-likeness (QED) is 0.164. The second-order valence-corrected chi connectivity index (χ2v) is 8.57. The van der Waals surface area contributed by atoms with Crippen molar-refractivity contribution < 1.29 is 20.4 Å². The predicted octanol–water partition coefficient (Wildman–Crippen LogP) is 8.92. The van der Waals surface area contributed by atoms with Crippen LogP contribution in [0.5, 0.6) is 0 Å². The monoisotopic (exact) mass is 510 g/mol. The molecule has 0 heterocycles. The number of rotatable bonds is 11. The van der Waals surface area contributed by atoms with E-state index in [-0.39, 0.29) is 20.4 Å². The molecule has 0 saturated carbocycles. The summed E-state index contributed by atoms with van der Waals surface area (Å²) < 4.78 is 0. The van der Waals surface area contributed by atoms with Crippen LogP contribution in [0.2, 0.25) is 0 Å². The van der Waals surface area contributed by atoms with Gasteiger partial charge in [-0.15, -0.1) is 0 Å². The van der Waals surface area contributed by atoms with Crippen molar-refractivity contribution in [2.45, 2.75) is 92.9 Å². The minimum atomic E-state index is 0. The van der Waals surface area contributed by atoms with Crippen LogP contribution in [0.4, 0.5) is 11.4 Å². The number of nitrogens with zero attached hydrogens (tertiary/aromatic N) is 2. The van der Waals surface area contributed by atoms with Gasteiger partial charge in [0.05, 0.1) is 22.8 Å². The van der Waals surface area contributed by atoms with Crippen molar-refractivity contribution in [1.29, 1.82) is 0 Å². The molecule has 0 fully saturated rings. The zero-order chi connectivity index (χ0) is 21.9. The molecular formula is C28H40N2Pd. The molecule has 172 valence electrons. The van der Waals surface area contributed by atoms with Gasteiger partial charge in [-0.3, -0.25) is 9.98 Å². The average molecular weight is 511 g/mol. The molecule has 2 aromatic rings. The molecule has 0 bridgehead atoms. The van der Waals surface area contributed by atoms with Crippen LogP contribution in [0.1, 0.15) is 87.5 Å². The molecule has 0 atom stereocenters. The number of hydrogen-bond donors (Lipinski definition) is 0. The van der Waals surface area contributed by atoms with Crippen molar-refractivity contribution in [2.75, 3.05) is 0 Å². The minimum absolute atomic E-state index is 0. The molecule has 0 aliphatic heterocycles. The van der Waals surface area contributed by atoms with Gasteiger partial charge in [0, 0.05) is 20.4 Å². The molecule has 0 aliphatic rings. The van der Waals surface area contributed by atoms with Crippen molar-refractivity contribution in [1.82, 2.24) is 0 Å². The van der Waals surface area contributed by atoms with E-state index in [1.165, 1.54) is 60.1 Å². The van der Waals surface area contributed by atoms with E-state index in [0.717, 1.165) is 36.3 Å². The topological polar surface area (TPSA) is 24.7 Å². The Balaban J connectivity index is 0.00000480. The Morgan fingerprint density at radius 2 is 1.03 bits per heavy atom. The maximum Gasteiger partial charge on any atom is 0.0636 e. The first-order chi connectivity index (χ1) is 14.4. The number of aryl methyl sites for hydroxylation is 4. The van der Waals surface area contributed by atoms with Crippen LogP contribution in [0.25, 0.3) is 0 Å². The van der Waals surface area contributed by atoms with Crippen molar-refractivity contribution in [2.24, 2.45) is 9.98 Å². The summed E-state index contributed by atoms with van der Waals surface area (Å²) in [6.45, 7) is 13.1. The molecule has 0 radical (unpaired) electrons. The fraction of sp³-hybridized carbons (Fsp3) is 0.500. The maximum atomic E-state index is 5.13. The van der Waals surface area contributed by atoms with Crippen molar-refractivity contribution in [3.63, 3.8) is 0 Å². The van der Waals surface area contributed by atoms with Gasteiger partial charge in [-0.2, -0.15) is 0 Å². The smallest absolute Gasteiger partial charge is 0.0636 e. The summed E-state index contributed by atoms with van der Waals surface area (Å²) in [7, 11) is 0. The Kier molecular flexibility index (Phi) is 12.8. The molecule has 0 amide bonds. The Bertz CT molecular complexity index is 881. The summed E-state index contributed by atoms with van der Waals surface area (Å²) in [5, 5.41) is 0. The zero-order valence-corrected chi connectivity index (χ0v) is 21.9. The van der Waals surface area contributed by atoms with E-state index in [1.54, 1.807) is 0 Å². The number of unbranched alkanes of at least 4 members (excludes halogenated alkanes) is 4. The van der Waals surface area contributed by atoms with Crippen molar-refractivity contribution in [3.05, 3.63) is 58.7 Å². The summed E-state index contributed by atoms with van der Waals surface area (Å²) in [4.78, 5) is 10.3. The SMILES string of the molecule is CCCCCCC(=N\c1ccc(C)c(C)c1)/C(CCCC)=N/c1ccc(C)c(C)c1.[Pd]. The number of benzene rings is 2. The summed E-state index contributed by atoms with van der Waals surface area (Å²) >= 11 is 0. The molecule has 3 heteroatoms. The largest absolute Gasteiger partial charge is 0.252 e. The molecule has 2 aromatic carbocycles. The summed E-state index contributed by atoms with van der Waals surface area (Å²) in [5.74, 6) is 0. The van der Waals surface area contributed by atoms with E-state index in [9.17, 15) is 0 Å². The Hall–Kier alpha value is -1.56. The molecule has 0 aromatic heterocycles. The Morgan fingerprint density at radius 1 is 0.581 bits per heavy atom. The first-order valence-corrected chi connectivity index (χ1v) is 11.7. The van der Waals surface area contributed by atoms with E-state index < -0.39 is 0 Å². The Labute approximate surface area is 204 Å². The standard InChI is InChI=1S/C28H40N2.Pd/c1-7-9-11-12-14-28(30-26-18-16-22(4)24(6)20-26)27(13-10-8-2)29-25-17-15-21(3)23(5)19-25;/h15-20H,7-14H2,1-6H3;/b29-27+,30-28+;. The van der Waals surface area contributed by atoms with Gasteiger partial charge in [-0.1, -0.05) is 51.7 Å². The van der Waals surface area contributed by atoms with Crippen molar-refractivity contribution in [3.8, 4) is 0 Å².